The van der Waals surface area contributed by atoms with E-state index in [0.29, 0.717) is 111 Å². The van der Waals surface area contributed by atoms with Gasteiger partial charge >= 0.3 is 0 Å². The summed E-state index contributed by atoms with van der Waals surface area (Å²) < 4.78 is 64.2. The highest BCUT2D eigenvalue weighted by atomic mass is 16.6. The van der Waals surface area contributed by atoms with E-state index in [2.05, 4.69) is 165 Å². The van der Waals surface area contributed by atoms with Gasteiger partial charge in [0.15, 0.2) is 0 Å². The number of ether oxygens (including phenoxy) is 10. The SMILES string of the molecule is COc1c2cc(C(C)(C)C)cc1Cc1cc(C(C)(C)C)cc3c1OCCOCCOCCOCCOCCOCCOc1c(cc(C(C)(C)C)cc1Cc1cc(C(C)(C)C)cc(c1OC)C3)Cc1cc(C(C)(C)C)cc(c1OC)C2. The molecule has 0 aromatic heterocycles. The first-order chi connectivity index (χ1) is 37.7. The third-order valence-corrected chi connectivity index (χ3v) is 15.5. The second kappa shape index (κ2) is 26.4. The van der Waals surface area contributed by atoms with Crippen LogP contribution in [0.1, 0.15) is 187 Å². The molecule has 0 saturated carbocycles. The summed E-state index contributed by atoms with van der Waals surface area (Å²) in [4.78, 5) is 0. The van der Waals surface area contributed by atoms with Crippen LogP contribution in [-0.4, -0.2) is 101 Å². The van der Waals surface area contributed by atoms with Gasteiger partial charge in [0.05, 0.1) is 87.4 Å². The minimum absolute atomic E-state index is 0.176. The van der Waals surface area contributed by atoms with Crippen molar-refractivity contribution in [2.45, 2.75) is 163 Å². The summed E-state index contributed by atoms with van der Waals surface area (Å²) in [6.45, 7) is 39.5. The molecule has 1 aliphatic heterocycles. The summed E-state index contributed by atoms with van der Waals surface area (Å²) >= 11 is 0. The van der Waals surface area contributed by atoms with Gasteiger partial charge in [-0.2, -0.15) is 0 Å². The number of hydrogen-bond acceptors (Lipinski definition) is 10. The summed E-state index contributed by atoms with van der Waals surface area (Å²) in [6, 6.07) is 23.6. The molecule has 0 fully saturated rings. The second-order valence-electron chi connectivity index (χ2n) is 27.1. The largest absolute Gasteiger partial charge is 0.496 e. The number of fused-ring (bicyclic) bond motifs is 4. The molecule has 12 bridgehead atoms. The van der Waals surface area contributed by atoms with Gasteiger partial charge < -0.3 is 47.4 Å². The van der Waals surface area contributed by atoms with E-state index in [4.69, 9.17) is 47.4 Å². The van der Waals surface area contributed by atoms with Crippen molar-refractivity contribution in [3.05, 3.63) is 144 Å². The lowest BCUT2D eigenvalue weighted by Gasteiger charge is -2.29. The molecule has 0 unspecified atom stereocenters. The van der Waals surface area contributed by atoms with Gasteiger partial charge in [-0.1, -0.05) is 165 Å². The van der Waals surface area contributed by atoms with E-state index in [0.717, 1.165) is 84.4 Å². The Morgan fingerprint density at radius 2 is 0.412 bits per heavy atom. The topological polar surface area (TPSA) is 92.3 Å². The Morgan fingerprint density at radius 1 is 0.250 bits per heavy atom. The highest BCUT2D eigenvalue weighted by Gasteiger charge is 2.30. The molecule has 0 spiro atoms. The summed E-state index contributed by atoms with van der Waals surface area (Å²) in [5, 5.41) is 0. The average Bonchev–Trinajstić information content (AvgIpc) is 3.54. The number of methoxy groups -OCH3 is 3. The van der Waals surface area contributed by atoms with Gasteiger partial charge in [-0.3, -0.25) is 0 Å². The fourth-order valence-electron chi connectivity index (χ4n) is 10.8. The maximum atomic E-state index is 7.14. The smallest absolute Gasteiger partial charge is 0.126 e. The molecule has 2 aliphatic rings. The average molecular weight is 1100 g/mol. The fraction of sp³-hybridized carbons (Fsp3) is 0.571. The lowest BCUT2D eigenvalue weighted by atomic mass is 9.79. The van der Waals surface area contributed by atoms with Crippen LogP contribution in [0.25, 0.3) is 0 Å². The van der Waals surface area contributed by atoms with E-state index in [-0.39, 0.29) is 27.1 Å². The maximum Gasteiger partial charge on any atom is 0.126 e. The van der Waals surface area contributed by atoms with Crippen molar-refractivity contribution in [3.8, 4) is 28.7 Å². The van der Waals surface area contributed by atoms with Crippen LogP contribution in [-0.2, 0) is 82.9 Å². The van der Waals surface area contributed by atoms with Gasteiger partial charge in [-0.15, -0.1) is 0 Å². The third kappa shape index (κ3) is 16.1. The zero-order chi connectivity index (χ0) is 58.2. The molecule has 0 atom stereocenters. The highest BCUT2D eigenvalue weighted by molar-refractivity contribution is 5.61. The fourth-order valence-corrected chi connectivity index (χ4v) is 10.8. The summed E-state index contributed by atoms with van der Waals surface area (Å²) in [5.41, 5.74) is 16.1. The Kier molecular flexibility index (Phi) is 20.6. The Balaban J connectivity index is 1.60. The molecule has 0 saturated heterocycles. The van der Waals surface area contributed by atoms with Crippen LogP contribution in [0, 0.1) is 0 Å². The maximum absolute atomic E-state index is 7.14. The van der Waals surface area contributed by atoms with Crippen molar-refractivity contribution in [2.75, 3.05) is 101 Å². The third-order valence-electron chi connectivity index (χ3n) is 15.5. The number of rotatable bonds is 3. The molecule has 10 nitrogen and oxygen atoms in total. The molecule has 1 aliphatic carbocycles. The van der Waals surface area contributed by atoms with Crippen molar-refractivity contribution in [2.24, 2.45) is 0 Å². The molecule has 80 heavy (non-hydrogen) atoms. The molecule has 0 radical (unpaired) electrons. The molecule has 438 valence electrons. The van der Waals surface area contributed by atoms with Crippen molar-refractivity contribution in [1.29, 1.82) is 0 Å². The molecule has 0 N–H and O–H groups in total. The van der Waals surface area contributed by atoms with Gasteiger partial charge in [-0.05, 0) is 111 Å². The van der Waals surface area contributed by atoms with Crippen LogP contribution < -0.4 is 23.7 Å². The summed E-state index contributed by atoms with van der Waals surface area (Å²) in [5.74, 6) is 4.28. The highest BCUT2D eigenvalue weighted by Crippen LogP contribution is 2.45. The quantitative estimate of drug-likeness (QED) is 0.171. The predicted molar refractivity (Wildman–Crippen MR) is 324 cm³/mol. The Labute approximate surface area is 481 Å². The summed E-state index contributed by atoms with van der Waals surface area (Å²) in [6.07, 6.45) is 2.87. The van der Waals surface area contributed by atoms with Gasteiger partial charge in [0.1, 0.15) is 42.0 Å². The molecular formula is C70H98O10. The van der Waals surface area contributed by atoms with E-state index in [1.807, 2.05) is 21.3 Å². The van der Waals surface area contributed by atoms with E-state index in [9.17, 15) is 0 Å². The van der Waals surface area contributed by atoms with Gasteiger partial charge in [0.25, 0.3) is 0 Å². The van der Waals surface area contributed by atoms with Crippen molar-refractivity contribution in [3.63, 3.8) is 0 Å². The van der Waals surface area contributed by atoms with E-state index in [1.54, 1.807) is 0 Å². The van der Waals surface area contributed by atoms with Crippen molar-refractivity contribution in [1.82, 2.24) is 0 Å². The first-order valence-electron chi connectivity index (χ1n) is 29.3. The Bertz CT molecular complexity index is 2700. The monoisotopic (exact) mass is 1100 g/mol. The predicted octanol–water partition coefficient (Wildman–Crippen LogP) is 14.3. The van der Waals surface area contributed by atoms with Crippen LogP contribution in [0.3, 0.4) is 0 Å². The molecule has 5 aromatic rings. The number of hydrogen-bond donors (Lipinski definition) is 0. The number of benzene rings is 5. The molecule has 0 amide bonds. The van der Waals surface area contributed by atoms with Crippen molar-refractivity contribution >= 4 is 0 Å². The van der Waals surface area contributed by atoms with Crippen LogP contribution in [0.15, 0.2) is 60.7 Å². The Morgan fingerprint density at radius 3 is 0.588 bits per heavy atom. The van der Waals surface area contributed by atoms with E-state index >= 15 is 0 Å². The summed E-state index contributed by atoms with van der Waals surface area (Å²) in [7, 11) is 5.45. The minimum Gasteiger partial charge on any atom is -0.496 e. The van der Waals surface area contributed by atoms with E-state index < -0.39 is 0 Å². The molecular weight excluding hydrogens is 1000 g/mol. The first-order valence-corrected chi connectivity index (χ1v) is 29.3. The van der Waals surface area contributed by atoms with Crippen molar-refractivity contribution < 1.29 is 47.4 Å². The lowest BCUT2D eigenvalue weighted by molar-refractivity contribution is -0.0142. The normalized spacial score (nSPS) is 16.5. The molecule has 5 aromatic carbocycles. The Hall–Kier alpha value is -5.10. The zero-order valence-electron chi connectivity index (χ0n) is 52.4. The zero-order valence-corrected chi connectivity index (χ0v) is 52.4. The first kappa shape index (κ1) is 62.5. The van der Waals surface area contributed by atoms with Gasteiger partial charge in [0.2, 0.25) is 0 Å². The van der Waals surface area contributed by atoms with Gasteiger partial charge in [-0.25, -0.2) is 0 Å². The molecule has 7 rings (SSSR count). The minimum atomic E-state index is -0.191. The van der Waals surface area contributed by atoms with E-state index in [1.165, 1.54) is 27.8 Å². The van der Waals surface area contributed by atoms with Crippen LogP contribution in [0.2, 0.25) is 0 Å². The van der Waals surface area contributed by atoms with Crippen LogP contribution >= 0.6 is 0 Å². The van der Waals surface area contributed by atoms with Crippen LogP contribution in [0.5, 0.6) is 28.7 Å². The molecule has 1 heterocycles. The second-order valence-corrected chi connectivity index (χ2v) is 27.1. The lowest BCUT2D eigenvalue weighted by Crippen LogP contribution is -2.18. The van der Waals surface area contributed by atoms with Crippen LogP contribution in [0.4, 0.5) is 0 Å². The van der Waals surface area contributed by atoms with Gasteiger partial charge in [0, 0.05) is 32.1 Å². The molecule has 10 heteroatoms. The standard InChI is InChI=1S/C70H98O10/c1-66(2,3)56-36-46-31-47-37-57(67(4,5)6)39-49(62(47)72-17)33-53-43-60(70(13,14)15)45-55-35-51-41-58(68(7,8)9)40-50(63(51)73-18)34-54-44-59(69(10,11)12)42-52(32-48(38-56)61(46)71-16)64(54)79-29-27-77-25-23-75-21-19-74-20-22-76-24-26-78-28-30-80-65(53)55/h36-45H,19-35H2,1-18H3.